The highest BCUT2D eigenvalue weighted by molar-refractivity contribution is 5.52. The van der Waals surface area contributed by atoms with Crippen molar-refractivity contribution < 1.29 is 4.79 Å². The molecule has 0 bridgehead atoms. The minimum Gasteiger partial charge on any atom is -0.303 e. The second-order valence-corrected chi connectivity index (χ2v) is 3.57. The van der Waals surface area contributed by atoms with Crippen molar-refractivity contribution >= 4 is 6.29 Å². The fraction of sp³-hybridized carbons (Fsp3) is 0.700. The van der Waals surface area contributed by atoms with Crippen molar-refractivity contribution in [2.45, 2.75) is 34.1 Å². The summed E-state index contributed by atoms with van der Waals surface area (Å²) in [6.45, 7) is 8.28. The van der Waals surface area contributed by atoms with Gasteiger partial charge in [-0.2, -0.15) is 0 Å². The van der Waals surface area contributed by atoms with Crippen molar-refractivity contribution in [3.05, 3.63) is 11.6 Å². The Kier molecular flexibility index (Phi) is 4.84. The molecule has 0 saturated heterocycles. The number of rotatable bonds is 4. The zero-order valence-electron chi connectivity index (χ0n) is 7.92. The van der Waals surface area contributed by atoms with Crippen molar-refractivity contribution in [2.75, 3.05) is 0 Å². The van der Waals surface area contributed by atoms with Gasteiger partial charge < -0.3 is 4.79 Å². The largest absolute Gasteiger partial charge is 0.303 e. The van der Waals surface area contributed by atoms with Crippen LogP contribution in [0.4, 0.5) is 0 Å². The van der Waals surface area contributed by atoms with Crippen LogP contribution in [0.15, 0.2) is 11.6 Å². The number of hydrogen-bond donors (Lipinski definition) is 0. The summed E-state index contributed by atoms with van der Waals surface area (Å²) < 4.78 is 0. The molecule has 0 aromatic heterocycles. The van der Waals surface area contributed by atoms with Crippen molar-refractivity contribution in [1.82, 2.24) is 0 Å². The van der Waals surface area contributed by atoms with Gasteiger partial charge in [-0.3, -0.25) is 0 Å². The van der Waals surface area contributed by atoms with Crippen LogP contribution in [0.3, 0.4) is 0 Å². The molecular formula is C10H18O. The summed E-state index contributed by atoms with van der Waals surface area (Å²) in [5.41, 5.74) is 1.33. The van der Waals surface area contributed by atoms with E-state index in [1.54, 1.807) is 0 Å². The van der Waals surface area contributed by atoms with E-state index in [2.05, 4.69) is 26.8 Å². The lowest BCUT2D eigenvalue weighted by molar-refractivity contribution is -0.110. The van der Waals surface area contributed by atoms with Crippen LogP contribution in [0.25, 0.3) is 0 Å². The smallest absolute Gasteiger partial charge is 0.122 e. The first-order chi connectivity index (χ1) is 5.06. The van der Waals surface area contributed by atoms with Gasteiger partial charge in [0.25, 0.3) is 0 Å². The molecule has 64 valence electrons. The van der Waals surface area contributed by atoms with Gasteiger partial charge in [0.15, 0.2) is 0 Å². The molecule has 0 N–H and O–H groups in total. The quantitative estimate of drug-likeness (QED) is 0.449. The van der Waals surface area contributed by atoms with Gasteiger partial charge in [0.1, 0.15) is 6.29 Å². The lowest BCUT2D eigenvalue weighted by atomic mass is 9.97. The van der Waals surface area contributed by atoms with E-state index >= 15 is 0 Å². The normalized spacial score (nSPS) is 15.3. The minimum atomic E-state index is 0.195. The van der Waals surface area contributed by atoms with Gasteiger partial charge in [-0.05, 0) is 26.2 Å². The molecule has 1 nitrogen and oxygen atoms in total. The molecule has 1 heteroatoms. The van der Waals surface area contributed by atoms with E-state index in [1.807, 2.05) is 6.92 Å². The van der Waals surface area contributed by atoms with Crippen LogP contribution in [-0.4, -0.2) is 6.29 Å². The number of allylic oxidation sites excluding steroid dienone is 2. The second-order valence-electron chi connectivity index (χ2n) is 3.57. The van der Waals surface area contributed by atoms with Gasteiger partial charge in [0, 0.05) is 5.92 Å². The van der Waals surface area contributed by atoms with Crippen molar-refractivity contribution in [2.24, 2.45) is 11.8 Å². The summed E-state index contributed by atoms with van der Waals surface area (Å²) in [4.78, 5) is 10.3. The van der Waals surface area contributed by atoms with Crippen molar-refractivity contribution in [1.29, 1.82) is 0 Å². The van der Waals surface area contributed by atoms with E-state index < -0.39 is 0 Å². The summed E-state index contributed by atoms with van der Waals surface area (Å²) in [5.74, 6) is 0.723. The van der Waals surface area contributed by atoms with Crippen LogP contribution < -0.4 is 0 Å². The lowest BCUT2D eigenvalue weighted by Gasteiger charge is -2.08. The van der Waals surface area contributed by atoms with E-state index in [-0.39, 0.29) is 5.92 Å². The molecule has 0 aliphatic rings. The van der Waals surface area contributed by atoms with Crippen LogP contribution in [0.5, 0.6) is 0 Å². The molecular weight excluding hydrogens is 136 g/mol. The molecule has 0 spiro atoms. The topological polar surface area (TPSA) is 17.1 Å². The number of carbonyl (C=O) groups excluding carboxylic acids is 1. The van der Waals surface area contributed by atoms with Crippen molar-refractivity contribution in [3.8, 4) is 0 Å². The maximum absolute atomic E-state index is 10.3. The zero-order chi connectivity index (χ0) is 8.85. The Morgan fingerprint density at radius 2 is 1.82 bits per heavy atom. The predicted molar refractivity (Wildman–Crippen MR) is 48.4 cm³/mol. The van der Waals surface area contributed by atoms with Crippen LogP contribution in [0.1, 0.15) is 34.1 Å². The van der Waals surface area contributed by atoms with Crippen molar-refractivity contribution in [3.63, 3.8) is 0 Å². The van der Waals surface area contributed by atoms with E-state index in [0.29, 0.717) is 5.92 Å². The van der Waals surface area contributed by atoms with Gasteiger partial charge in [-0.15, -0.1) is 0 Å². The lowest BCUT2D eigenvalue weighted by Crippen LogP contribution is -2.01. The molecule has 0 rings (SSSR count). The third-order valence-corrected chi connectivity index (χ3v) is 1.59. The van der Waals surface area contributed by atoms with Crippen LogP contribution in [0.2, 0.25) is 0 Å². The summed E-state index contributed by atoms with van der Waals surface area (Å²) in [5, 5.41) is 0. The molecule has 2 unspecified atom stereocenters. The highest BCUT2D eigenvalue weighted by Gasteiger charge is 2.04. The molecule has 0 aliphatic heterocycles. The molecule has 0 amide bonds. The van der Waals surface area contributed by atoms with E-state index in [9.17, 15) is 4.79 Å². The molecule has 0 radical (unpaired) electrons. The first-order valence-corrected chi connectivity index (χ1v) is 4.16. The minimum absolute atomic E-state index is 0.195. The second kappa shape index (κ2) is 5.11. The van der Waals surface area contributed by atoms with Crippen LogP contribution in [-0.2, 0) is 4.79 Å². The Bertz CT molecular complexity index is 143. The maximum atomic E-state index is 10.3. The standard InChI is InChI=1S/C10H18O/c1-8(2)5-9(3)6-10(4)7-11/h5,7,9-10H,6H2,1-4H3. The van der Waals surface area contributed by atoms with Gasteiger partial charge in [-0.1, -0.05) is 25.5 Å². The third kappa shape index (κ3) is 5.84. The van der Waals surface area contributed by atoms with Gasteiger partial charge in [0.05, 0.1) is 0 Å². The van der Waals surface area contributed by atoms with Crippen LogP contribution in [0, 0.1) is 11.8 Å². The Morgan fingerprint density at radius 3 is 2.18 bits per heavy atom. The summed E-state index contributed by atoms with van der Waals surface area (Å²) in [7, 11) is 0. The molecule has 11 heavy (non-hydrogen) atoms. The average molecular weight is 154 g/mol. The first-order valence-electron chi connectivity index (χ1n) is 4.16. The third-order valence-electron chi connectivity index (χ3n) is 1.59. The maximum Gasteiger partial charge on any atom is 0.122 e. The van der Waals surface area contributed by atoms with Crippen LogP contribution >= 0.6 is 0 Å². The summed E-state index contributed by atoms with van der Waals surface area (Å²) in [6, 6.07) is 0. The Labute approximate surface area is 69.5 Å². The SMILES string of the molecule is CC(C)=CC(C)CC(C)C=O. The molecule has 0 aromatic rings. The van der Waals surface area contributed by atoms with E-state index in [0.717, 1.165) is 12.7 Å². The summed E-state index contributed by atoms with van der Waals surface area (Å²) in [6.07, 6.45) is 4.20. The number of aldehydes is 1. The molecule has 0 heterocycles. The number of carbonyl (C=O) groups is 1. The predicted octanol–water partition coefficient (Wildman–Crippen LogP) is 2.81. The molecule has 0 fully saturated rings. The van der Waals surface area contributed by atoms with E-state index in [4.69, 9.17) is 0 Å². The fourth-order valence-corrected chi connectivity index (χ4v) is 1.28. The zero-order valence-corrected chi connectivity index (χ0v) is 7.92. The molecule has 0 saturated carbocycles. The number of hydrogen-bond acceptors (Lipinski definition) is 1. The monoisotopic (exact) mass is 154 g/mol. The molecule has 2 atom stereocenters. The Morgan fingerprint density at radius 1 is 1.27 bits per heavy atom. The molecule has 0 aliphatic carbocycles. The van der Waals surface area contributed by atoms with E-state index in [1.165, 1.54) is 5.57 Å². The van der Waals surface area contributed by atoms with Gasteiger partial charge in [-0.25, -0.2) is 0 Å². The fourth-order valence-electron chi connectivity index (χ4n) is 1.28. The average Bonchev–Trinajstić information content (AvgIpc) is 1.85. The first kappa shape index (κ1) is 10.4. The Hall–Kier alpha value is -0.590. The van der Waals surface area contributed by atoms with Gasteiger partial charge >= 0.3 is 0 Å². The highest BCUT2D eigenvalue weighted by Crippen LogP contribution is 2.12. The highest BCUT2D eigenvalue weighted by atomic mass is 16.1. The Balaban J connectivity index is 3.77. The summed E-state index contributed by atoms with van der Waals surface area (Å²) >= 11 is 0. The molecule has 0 aromatic carbocycles. The van der Waals surface area contributed by atoms with Gasteiger partial charge in [0.2, 0.25) is 0 Å².